The van der Waals surface area contributed by atoms with Gasteiger partial charge in [-0.2, -0.15) is 0 Å². The SMILES string of the molecule is CN(C)Cc1ccc(NC(=C2C(=O)Nc3cc(Cl)ccc32)c2ccc(Cl)cc2)cc1. The van der Waals surface area contributed by atoms with Crippen LogP contribution in [0, 0.1) is 0 Å². The van der Waals surface area contributed by atoms with Crippen molar-refractivity contribution < 1.29 is 4.79 Å². The van der Waals surface area contributed by atoms with E-state index in [2.05, 4.69) is 27.7 Å². The van der Waals surface area contributed by atoms with Crippen LogP contribution in [-0.4, -0.2) is 24.9 Å². The molecule has 0 fully saturated rings. The molecule has 0 bridgehead atoms. The van der Waals surface area contributed by atoms with Gasteiger partial charge >= 0.3 is 0 Å². The van der Waals surface area contributed by atoms with E-state index in [9.17, 15) is 4.79 Å². The second-order valence-corrected chi connectivity index (χ2v) is 8.33. The minimum atomic E-state index is -0.172. The number of halogens is 2. The fourth-order valence-corrected chi connectivity index (χ4v) is 3.79. The molecular formula is C24H21Cl2N3O. The lowest BCUT2D eigenvalue weighted by Gasteiger charge is -2.16. The van der Waals surface area contributed by atoms with E-state index in [1.54, 1.807) is 12.1 Å². The van der Waals surface area contributed by atoms with Gasteiger partial charge in [0.1, 0.15) is 0 Å². The van der Waals surface area contributed by atoms with Gasteiger partial charge in [0, 0.05) is 27.8 Å². The minimum absolute atomic E-state index is 0.172. The van der Waals surface area contributed by atoms with Crippen LogP contribution in [0.4, 0.5) is 11.4 Å². The van der Waals surface area contributed by atoms with Gasteiger partial charge in [-0.05, 0) is 61.6 Å². The Balaban J connectivity index is 1.79. The van der Waals surface area contributed by atoms with Gasteiger partial charge in [-0.15, -0.1) is 0 Å². The van der Waals surface area contributed by atoms with Crippen LogP contribution in [0.2, 0.25) is 10.0 Å². The van der Waals surface area contributed by atoms with Crippen LogP contribution < -0.4 is 10.6 Å². The summed E-state index contributed by atoms with van der Waals surface area (Å²) in [4.78, 5) is 15.0. The standard InChI is InChI=1S/C24H21Cl2N3O/c1-29(2)14-15-3-10-19(11-4-15)27-23(16-5-7-17(25)8-6-16)22-20-12-9-18(26)13-21(20)28-24(22)30/h3-13,27H,14H2,1-2H3,(H,28,30). The Morgan fingerprint density at radius 3 is 2.27 bits per heavy atom. The fourth-order valence-electron chi connectivity index (χ4n) is 3.49. The van der Waals surface area contributed by atoms with Gasteiger partial charge in [0.2, 0.25) is 0 Å². The maximum absolute atomic E-state index is 12.9. The average Bonchev–Trinajstić information content (AvgIpc) is 3.02. The number of rotatable bonds is 5. The molecule has 4 rings (SSSR count). The lowest BCUT2D eigenvalue weighted by atomic mass is 10.00. The van der Waals surface area contributed by atoms with Crippen molar-refractivity contribution in [3.63, 3.8) is 0 Å². The number of anilines is 2. The Kier molecular flexibility index (Phi) is 5.82. The summed E-state index contributed by atoms with van der Waals surface area (Å²) in [5, 5.41) is 7.58. The first-order valence-corrected chi connectivity index (χ1v) is 10.3. The molecule has 0 saturated heterocycles. The molecule has 3 aromatic rings. The maximum Gasteiger partial charge on any atom is 0.258 e. The van der Waals surface area contributed by atoms with Crippen molar-refractivity contribution in [3.05, 3.63) is 93.5 Å². The summed E-state index contributed by atoms with van der Waals surface area (Å²) in [5.41, 5.74) is 5.77. The number of hydrogen-bond donors (Lipinski definition) is 2. The molecule has 1 amide bonds. The van der Waals surface area contributed by atoms with E-state index in [-0.39, 0.29) is 5.91 Å². The quantitative estimate of drug-likeness (QED) is 0.481. The smallest absolute Gasteiger partial charge is 0.258 e. The third-order valence-electron chi connectivity index (χ3n) is 4.83. The first-order valence-electron chi connectivity index (χ1n) is 9.53. The summed E-state index contributed by atoms with van der Waals surface area (Å²) in [5.74, 6) is -0.172. The lowest BCUT2D eigenvalue weighted by molar-refractivity contribution is -0.110. The number of nitrogens with one attached hydrogen (secondary N) is 2. The summed E-state index contributed by atoms with van der Waals surface area (Å²) >= 11 is 12.2. The van der Waals surface area contributed by atoms with Crippen LogP contribution in [0.25, 0.3) is 11.3 Å². The number of benzene rings is 3. The Labute approximate surface area is 186 Å². The molecule has 1 heterocycles. The van der Waals surface area contributed by atoms with Crippen molar-refractivity contribution in [2.24, 2.45) is 0 Å². The van der Waals surface area contributed by atoms with E-state index in [4.69, 9.17) is 23.2 Å². The highest BCUT2D eigenvalue weighted by Gasteiger charge is 2.28. The van der Waals surface area contributed by atoms with Crippen molar-refractivity contribution >= 4 is 51.8 Å². The van der Waals surface area contributed by atoms with Gasteiger partial charge in [0.15, 0.2) is 0 Å². The molecule has 3 aromatic carbocycles. The van der Waals surface area contributed by atoms with Gasteiger partial charge < -0.3 is 15.5 Å². The molecule has 0 spiro atoms. The Morgan fingerprint density at radius 2 is 1.60 bits per heavy atom. The highest BCUT2D eigenvalue weighted by atomic mass is 35.5. The zero-order chi connectivity index (χ0) is 21.3. The summed E-state index contributed by atoms with van der Waals surface area (Å²) in [7, 11) is 4.08. The van der Waals surface area contributed by atoms with E-state index in [0.29, 0.717) is 27.0 Å². The predicted octanol–water partition coefficient (Wildman–Crippen LogP) is 5.99. The zero-order valence-electron chi connectivity index (χ0n) is 16.7. The summed E-state index contributed by atoms with van der Waals surface area (Å²) in [6.07, 6.45) is 0. The van der Waals surface area contributed by atoms with Crippen LogP contribution in [0.15, 0.2) is 66.7 Å². The number of carbonyl (C=O) groups excluding carboxylic acids is 1. The van der Waals surface area contributed by atoms with Crippen molar-refractivity contribution in [3.8, 4) is 0 Å². The van der Waals surface area contributed by atoms with Gasteiger partial charge in [-0.25, -0.2) is 0 Å². The summed E-state index contributed by atoms with van der Waals surface area (Å²) < 4.78 is 0. The largest absolute Gasteiger partial charge is 0.354 e. The lowest BCUT2D eigenvalue weighted by Crippen LogP contribution is -2.11. The van der Waals surface area contributed by atoms with Crippen LogP contribution in [-0.2, 0) is 11.3 Å². The second kappa shape index (κ2) is 8.52. The second-order valence-electron chi connectivity index (χ2n) is 7.46. The van der Waals surface area contributed by atoms with E-state index in [0.717, 1.165) is 23.4 Å². The van der Waals surface area contributed by atoms with Crippen LogP contribution >= 0.6 is 23.2 Å². The molecule has 0 saturated carbocycles. The third-order valence-corrected chi connectivity index (χ3v) is 5.32. The van der Waals surface area contributed by atoms with Gasteiger partial charge in [-0.3, -0.25) is 4.79 Å². The maximum atomic E-state index is 12.9. The van der Waals surface area contributed by atoms with Gasteiger partial charge in [0.25, 0.3) is 5.91 Å². The summed E-state index contributed by atoms with van der Waals surface area (Å²) in [6, 6.07) is 21.0. The van der Waals surface area contributed by atoms with Crippen LogP contribution in [0.3, 0.4) is 0 Å². The monoisotopic (exact) mass is 437 g/mol. The Morgan fingerprint density at radius 1 is 0.933 bits per heavy atom. The predicted molar refractivity (Wildman–Crippen MR) is 126 cm³/mol. The van der Waals surface area contributed by atoms with Crippen molar-refractivity contribution in [1.29, 1.82) is 0 Å². The van der Waals surface area contributed by atoms with E-state index >= 15 is 0 Å². The fraction of sp³-hybridized carbons (Fsp3) is 0.125. The first kappa shape index (κ1) is 20.5. The van der Waals surface area contributed by atoms with E-state index in [1.807, 2.05) is 56.6 Å². The topological polar surface area (TPSA) is 44.4 Å². The number of hydrogen-bond acceptors (Lipinski definition) is 3. The zero-order valence-corrected chi connectivity index (χ0v) is 18.2. The molecule has 0 aromatic heterocycles. The first-order chi connectivity index (χ1) is 14.4. The van der Waals surface area contributed by atoms with Gasteiger partial charge in [-0.1, -0.05) is 53.5 Å². The molecule has 1 aliphatic rings. The molecular weight excluding hydrogens is 417 g/mol. The molecule has 1 aliphatic heterocycles. The molecule has 0 radical (unpaired) electrons. The number of nitrogens with zero attached hydrogens (tertiary/aromatic N) is 1. The molecule has 30 heavy (non-hydrogen) atoms. The van der Waals surface area contributed by atoms with Crippen molar-refractivity contribution in [2.45, 2.75) is 6.54 Å². The molecule has 0 aliphatic carbocycles. The van der Waals surface area contributed by atoms with Crippen LogP contribution in [0.1, 0.15) is 16.7 Å². The van der Waals surface area contributed by atoms with E-state index in [1.165, 1.54) is 5.56 Å². The van der Waals surface area contributed by atoms with Crippen molar-refractivity contribution in [1.82, 2.24) is 4.90 Å². The molecule has 2 N–H and O–H groups in total. The molecule has 0 atom stereocenters. The highest BCUT2D eigenvalue weighted by Crippen LogP contribution is 2.39. The number of fused-ring (bicyclic) bond motifs is 1. The van der Waals surface area contributed by atoms with E-state index < -0.39 is 0 Å². The molecule has 0 unspecified atom stereocenters. The Hall–Kier alpha value is -2.79. The van der Waals surface area contributed by atoms with Gasteiger partial charge in [0.05, 0.1) is 17.0 Å². The average molecular weight is 438 g/mol. The van der Waals surface area contributed by atoms with Crippen LogP contribution in [0.5, 0.6) is 0 Å². The summed E-state index contributed by atoms with van der Waals surface area (Å²) in [6.45, 7) is 0.863. The van der Waals surface area contributed by atoms with Crippen molar-refractivity contribution in [2.75, 3.05) is 24.7 Å². The molecule has 4 nitrogen and oxygen atoms in total. The minimum Gasteiger partial charge on any atom is -0.354 e. The Bertz CT molecular complexity index is 1120. The number of amides is 1. The molecule has 6 heteroatoms. The third kappa shape index (κ3) is 4.36. The molecule has 152 valence electrons. The normalized spacial score (nSPS) is 14.5. The highest BCUT2D eigenvalue weighted by molar-refractivity contribution is 6.38. The number of carbonyl (C=O) groups is 1.